The molecule has 2 aliphatic rings. The minimum atomic E-state index is 0.0552. The zero-order valence-electron chi connectivity index (χ0n) is 17.1. The van der Waals surface area contributed by atoms with E-state index in [4.69, 9.17) is 0 Å². The molecule has 2 aliphatic carbocycles. The molecule has 2 atom stereocenters. The van der Waals surface area contributed by atoms with Crippen molar-refractivity contribution in [3.8, 4) is 0 Å². The van der Waals surface area contributed by atoms with Crippen molar-refractivity contribution in [3.63, 3.8) is 0 Å². The molecule has 1 heteroatoms. The summed E-state index contributed by atoms with van der Waals surface area (Å²) < 4.78 is 0. The van der Waals surface area contributed by atoms with Gasteiger partial charge in [0, 0.05) is 12.3 Å². The van der Waals surface area contributed by atoms with E-state index in [-0.39, 0.29) is 5.92 Å². The number of hydrogen-bond acceptors (Lipinski definition) is 1. The Hall–Kier alpha value is -3.45. The largest absolute Gasteiger partial charge is 0.299 e. The third-order valence-corrected chi connectivity index (χ3v) is 8.02. The first-order valence-electron chi connectivity index (χ1n) is 11.4. The molecule has 2 unspecified atom stereocenters. The first-order valence-corrected chi connectivity index (χ1v) is 11.4. The molecule has 31 heavy (non-hydrogen) atoms. The van der Waals surface area contributed by atoms with Crippen LogP contribution in [0.5, 0.6) is 0 Å². The first-order chi connectivity index (χ1) is 15.3. The summed E-state index contributed by atoms with van der Waals surface area (Å²) >= 11 is 0. The molecule has 6 aromatic rings. The Bertz CT molecular complexity index is 1790. The van der Waals surface area contributed by atoms with E-state index >= 15 is 0 Å². The Balaban J connectivity index is 1.66. The van der Waals surface area contributed by atoms with Gasteiger partial charge in [0.2, 0.25) is 0 Å². The SMILES string of the molecule is O=C1CCCC2c3cc4ccc5cc6ccccc6c6cc7ccc(c3c7c4c56)=CC12. The van der Waals surface area contributed by atoms with Crippen LogP contribution in [0.3, 0.4) is 0 Å². The highest BCUT2D eigenvalue weighted by molar-refractivity contribution is 6.35. The van der Waals surface area contributed by atoms with E-state index in [1.807, 2.05) is 0 Å². The predicted octanol–water partition coefficient (Wildman–Crippen LogP) is 6.86. The standard InChI is InChI=1S/C30H20O/c31-26-7-3-6-22-23(26)13-18-9-11-19-14-24-21-5-2-1-4-16(21)12-17-8-10-20-15-25(22)28(18)30(19)29(20)27(17)24/h1-2,4-5,8-15,22-23H,3,6-7H2. The lowest BCUT2D eigenvalue weighted by Crippen LogP contribution is -2.31. The molecular formula is C30H20O. The van der Waals surface area contributed by atoms with E-state index in [1.54, 1.807) is 0 Å². The first kappa shape index (κ1) is 16.3. The van der Waals surface area contributed by atoms with Crippen LogP contribution in [-0.2, 0) is 4.79 Å². The van der Waals surface area contributed by atoms with Crippen molar-refractivity contribution in [3.05, 3.63) is 77.5 Å². The molecule has 0 heterocycles. The zero-order chi connectivity index (χ0) is 20.3. The molecule has 0 saturated heterocycles. The van der Waals surface area contributed by atoms with Gasteiger partial charge in [0.1, 0.15) is 5.78 Å². The maximum atomic E-state index is 12.8. The summed E-state index contributed by atoms with van der Waals surface area (Å²) in [5, 5.41) is 14.7. The number of hydrogen-bond donors (Lipinski definition) is 0. The maximum Gasteiger partial charge on any atom is 0.140 e. The second kappa shape index (κ2) is 5.42. The summed E-state index contributed by atoms with van der Waals surface area (Å²) in [4.78, 5) is 12.8. The van der Waals surface area contributed by atoms with Crippen molar-refractivity contribution in [2.24, 2.45) is 5.92 Å². The van der Waals surface area contributed by atoms with Gasteiger partial charge in [-0.2, -0.15) is 0 Å². The van der Waals surface area contributed by atoms with Crippen molar-refractivity contribution in [2.75, 3.05) is 0 Å². The molecule has 0 aromatic heterocycles. The Morgan fingerprint density at radius 3 is 2.39 bits per heavy atom. The van der Waals surface area contributed by atoms with E-state index in [9.17, 15) is 4.79 Å². The lowest BCUT2D eigenvalue weighted by molar-refractivity contribution is -0.123. The third kappa shape index (κ3) is 1.91. The molecule has 0 spiro atoms. The molecular weight excluding hydrogens is 376 g/mol. The molecule has 0 aliphatic heterocycles. The van der Waals surface area contributed by atoms with Crippen LogP contribution >= 0.6 is 0 Å². The topological polar surface area (TPSA) is 17.1 Å². The summed E-state index contributed by atoms with van der Waals surface area (Å²) in [6, 6.07) is 25.0. The second-order valence-corrected chi connectivity index (χ2v) is 9.53. The average molecular weight is 396 g/mol. The monoisotopic (exact) mass is 396 g/mol. The van der Waals surface area contributed by atoms with E-state index in [1.165, 1.54) is 64.6 Å². The van der Waals surface area contributed by atoms with Crippen LogP contribution < -0.4 is 5.22 Å². The Morgan fingerprint density at radius 1 is 0.677 bits per heavy atom. The summed E-state index contributed by atoms with van der Waals surface area (Å²) in [5.41, 5.74) is 1.40. The molecule has 146 valence electrons. The fraction of sp³-hybridized carbons (Fsp3) is 0.167. The van der Waals surface area contributed by atoms with Gasteiger partial charge in [0.05, 0.1) is 0 Å². The van der Waals surface area contributed by atoms with E-state index in [0.717, 1.165) is 19.3 Å². The average Bonchev–Trinajstić information content (AvgIpc) is 2.81. The highest BCUT2D eigenvalue weighted by Gasteiger charge is 2.35. The number of Topliss-reactive ketones (excluding diaryl/α,β-unsaturated/α-hetero) is 1. The summed E-state index contributed by atoms with van der Waals surface area (Å²) in [6.45, 7) is 0. The lowest BCUT2D eigenvalue weighted by Gasteiger charge is -2.33. The number of rotatable bonds is 0. The van der Waals surface area contributed by atoms with Crippen LogP contribution in [0.4, 0.5) is 0 Å². The number of carbonyl (C=O) groups excluding carboxylic acids is 1. The summed E-state index contributed by atoms with van der Waals surface area (Å²) in [6.07, 6.45) is 5.14. The highest BCUT2D eigenvalue weighted by atomic mass is 16.1. The Kier molecular flexibility index (Phi) is 2.84. The van der Waals surface area contributed by atoms with Crippen LogP contribution in [0, 0.1) is 5.92 Å². The van der Waals surface area contributed by atoms with E-state index in [0.29, 0.717) is 11.7 Å². The van der Waals surface area contributed by atoms with Crippen LogP contribution in [0.1, 0.15) is 30.7 Å². The van der Waals surface area contributed by atoms with Gasteiger partial charge in [0.15, 0.2) is 0 Å². The number of ketones is 1. The Labute approximate surface area is 179 Å². The molecule has 0 radical (unpaired) electrons. The van der Waals surface area contributed by atoms with Crippen molar-refractivity contribution in [2.45, 2.75) is 25.2 Å². The molecule has 8 rings (SSSR count). The van der Waals surface area contributed by atoms with Gasteiger partial charge in [-0.3, -0.25) is 4.79 Å². The van der Waals surface area contributed by atoms with Crippen LogP contribution in [0.25, 0.3) is 59.9 Å². The molecule has 1 saturated carbocycles. The van der Waals surface area contributed by atoms with Gasteiger partial charge in [-0.1, -0.05) is 60.7 Å². The van der Waals surface area contributed by atoms with Gasteiger partial charge in [-0.25, -0.2) is 0 Å². The van der Waals surface area contributed by atoms with Crippen molar-refractivity contribution in [1.82, 2.24) is 0 Å². The third-order valence-electron chi connectivity index (χ3n) is 8.02. The molecule has 1 nitrogen and oxygen atoms in total. The summed E-state index contributed by atoms with van der Waals surface area (Å²) in [5.74, 6) is 0.812. The zero-order valence-corrected chi connectivity index (χ0v) is 17.1. The lowest BCUT2D eigenvalue weighted by atomic mass is 9.69. The molecule has 0 bridgehead atoms. The van der Waals surface area contributed by atoms with E-state index in [2.05, 4.69) is 72.8 Å². The van der Waals surface area contributed by atoms with Crippen LogP contribution in [0.2, 0.25) is 0 Å². The van der Waals surface area contributed by atoms with Crippen molar-refractivity contribution in [1.29, 1.82) is 0 Å². The van der Waals surface area contributed by atoms with E-state index < -0.39 is 0 Å². The second-order valence-electron chi connectivity index (χ2n) is 9.53. The quantitative estimate of drug-likeness (QED) is 0.203. The van der Waals surface area contributed by atoms with Crippen LogP contribution in [-0.4, -0.2) is 5.78 Å². The maximum absolute atomic E-state index is 12.8. The van der Waals surface area contributed by atoms with Crippen LogP contribution in [0.15, 0.2) is 66.7 Å². The van der Waals surface area contributed by atoms with Gasteiger partial charge in [0.25, 0.3) is 0 Å². The van der Waals surface area contributed by atoms with Crippen molar-refractivity contribution < 1.29 is 4.79 Å². The fourth-order valence-electron chi connectivity index (χ4n) is 6.74. The minimum Gasteiger partial charge on any atom is -0.299 e. The molecule has 0 N–H and O–H groups in total. The van der Waals surface area contributed by atoms with Gasteiger partial charge < -0.3 is 0 Å². The molecule has 0 amide bonds. The molecule has 6 aromatic carbocycles. The van der Waals surface area contributed by atoms with Gasteiger partial charge >= 0.3 is 0 Å². The number of benzene rings is 6. The predicted molar refractivity (Wildman–Crippen MR) is 130 cm³/mol. The highest BCUT2D eigenvalue weighted by Crippen LogP contribution is 2.47. The van der Waals surface area contributed by atoms with Gasteiger partial charge in [-0.05, 0) is 95.5 Å². The normalized spacial score (nSPS) is 20.8. The smallest absolute Gasteiger partial charge is 0.140 e. The minimum absolute atomic E-state index is 0.0552. The molecule has 1 fully saturated rings. The van der Waals surface area contributed by atoms with Crippen molar-refractivity contribution >= 4 is 65.7 Å². The number of carbonyl (C=O) groups is 1. The Morgan fingerprint density at radius 2 is 1.45 bits per heavy atom. The fourth-order valence-corrected chi connectivity index (χ4v) is 6.74. The van der Waals surface area contributed by atoms with Gasteiger partial charge in [-0.15, -0.1) is 0 Å². The summed E-state index contributed by atoms with van der Waals surface area (Å²) in [7, 11) is 0. The number of fused-ring (bicyclic) bond motifs is 4.